The first-order chi connectivity index (χ1) is 19.4. The van der Waals surface area contributed by atoms with Crippen molar-refractivity contribution < 1.29 is 19.9 Å². The Morgan fingerprint density at radius 1 is 1.17 bits per heavy atom. The molecule has 9 heteroatoms. The van der Waals surface area contributed by atoms with Crippen LogP contribution >= 0.6 is 0 Å². The second-order valence-corrected chi connectivity index (χ2v) is 12.6. The van der Waals surface area contributed by atoms with Crippen molar-refractivity contribution in [3.8, 4) is 0 Å². The van der Waals surface area contributed by atoms with Gasteiger partial charge in [0.25, 0.3) is 5.84 Å². The van der Waals surface area contributed by atoms with E-state index >= 15 is 0 Å². The van der Waals surface area contributed by atoms with E-state index in [-0.39, 0.29) is 29.5 Å². The molecule has 9 nitrogen and oxygen atoms in total. The van der Waals surface area contributed by atoms with Crippen molar-refractivity contribution in [2.75, 3.05) is 12.3 Å². The van der Waals surface area contributed by atoms with Gasteiger partial charge in [0.1, 0.15) is 5.76 Å². The van der Waals surface area contributed by atoms with Gasteiger partial charge < -0.3 is 16.2 Å². The molecule has 1 saturated heterocycles. The fourth-order valence-corrected chi connectivity index (χ4v) is 5.98. The van der Waals surface area contributed by atoms with Gasteiger partial charge in [0, 0.05) is 11.5 Å². The molecule has 220 valence electrons. The first kappa shape index (κ1) is 30.1. The normalized spacial score (nSPS) is 21.9. The molecule has 0 radical (unpaired) electrons. The van der Waals surface area contributed by atoms with Crippen LogP contribution in [-0.4, -0.2) is 40.4 Å². The van der Waals surface area contributed by atoms with Crippen LogP contribution < -0.4 is 26.3 Å². The molecular formula is C32H47N7O2+2. The van der Waals surface area contributed by atoms with Gasteiger partial charge >= 0.3 is 12.0 Å². The van der Waals surface area contributed by atoms with Crippen LogP contribution in [0.5, 0.6) is 0 Å². The van der Waals surface area contributed by atoms with E-state index in [9.17, 15) is 9.90 Å². The monoisotopic (exact) mass is 561 g/mol. The number of benzene rings is 1. The Morgan fingerprint density at radius 2 is 1.88 bits per heavy atom. The van der Waals surface area contributed by atoms with Gasteiger partial charge in [0.2, 0.25) is 0 Å². The van der Waals surface area contributed by atoms with Gasteiger partial charge in [0.15, 0.2) is 5.82 Å². The van der Waals surface area contributed by atoms with Crippen molar-refractivity contribution >= 4 is 23.6 Å². The lowest BCUT2D eigenvalue weighted by atomic mass is 9.72. The van der Waals surface area contributed by atoms with Crippen molar-refractivity contribution in [3.05, 3.63) is 71.1 Å². The summed E-state index contributed by atoms with van der Waals surface area (Å²) in [6.45, 7) is 10.9. The minimum atomic E-state index is -0.466. The van der Waals surface area contributed by atoms with E-state index in [2.05, 4.69) is 47.6 Å². The summed E-state index contributed by atoms with van der Waals surface area (Å²) >= 11 is 0. The van der Waals surface area contributed by atoms with E-state index in [0.717, 1.165) is 43.4 Å². The maximum atomic E-state index is 12.8. The number of hydrogen-bond donors (Lipinski definition) is 6. The number of nitrogens with one attached hydrogen (secondary N) is 3. The van der Waals surface area contributed by atoms with Gasteiger partial charge in [-0.25, -0.2) is 4.79 Å². The molecule has 8 N–H and O–H groups in total. The Balaban J connectivity index is 1.50. The number of rotatable bonds is 4. The van der Waals surface area contributed by atoms with E-state index in [1.54, 1.807) is 0 Å². The number of aromatic nitrogens is 1. The summed E-state index contributed by atoms with van der Waals surface area (Å²) in [4.78, 5) is 15.0. The number of urea groups is 1. The van der Waals surface area contributed by atoms with Crippen molar-refractivity contribution in [3.63, 3.8) is 0 Å². The molecule has 1 aromatic carbocycles. The first-order valence-corrected chi connectivity index (χ1v) is 14.7. The topological polar surface area (TPSA) is 144 Å². The average Bonchev–Trinajstić information content (AvgIpc) is 2.92. The molecule has 1 aromatic heterocycles. The number of aliphatic hydroxyl groups excluding tert-OH is 1. The third kappa shape index (κ3) is 6.89. The smallest absolute Gasteiger partial charge is 0.407 e. The summed E-state index contributed by atoms with van der Waals surface area (Å²) < 4.78 is 1.82. The number of hydrogen-bond acceptors (Lipinski definition) is 4. The number of allylic oxidation sites excluding steroid dienone is 1. The molecule has 41 heavy (non-hydrogen) atoms. The number of amides is 2. The molecule has 4 rings (SSSR count). The lowest BCUT2D eigenvalue weighted by Gasteiger charge is -2.35. The zero-order chi connectivity index (χ0) is 29.9. The molecule has 2 amide bonds. The second kappa shape index (κ2) is 12.3. The van der Waals surface area contributed by atoms with Gasteiger partial charge in [0.05, 0.1) is 30.9 Å². The van der Waals surface area contributed by atoms with Crippen molar-refractivity contribution in [1.29, 1.82) is 5.41 Å². The minimum Gasteiger partial charge on any atom is -0.511 e. The molecule has 1 aliphatic carbocycles. The number of aliphatic hydroxyl groups is 1. The van der Waals surface area contributed by atoms with Gasteiger partial charge in [-0.3, -0.25) is 10.3 Å². The number of fused-ring (bicyclic) bond motifs is 1. The largest absolute Gasteiger partial charge is 0.511 e. The van der Waals surface area contributed by atoms with Crippen molar-refractivity contribution in [2.24, 2.45) is 5.41 Å². The number of anilines is 1. The average molecular weight is 562 g/mol. The highest BCUT2D eigenvalue weighted by Crippen LogP contribution is 2.44. The van der Waals surface area contributed by atoms with E-state index in [1.807, 2.05) is 49.7 Å². The van der Waals surface area contributed by atoms with Crippen molar-refractivity contribution in [1.82, 2.24) is 15.5 Å². The highest BCUT2D eigenvalue weighted by atomic mass is 16.3. The van der Waals surface area contributed by atoms with Gasteiger partial charge in [-0.15, -0.1) is 0 Å². The van der Waals surface area contributed by atoms with Gasteiger partial charge in [-0.1, -0.05) is 58.0 Å². The molecule has 2 heterocycles. The maximum Gasteiger partial charge on any atom is 0.407 e. The van der Waals surface area contributed by atoms with Gasteiger partial charge in [-0.05, 0) is 67.6 Å². The number of likely N-dealkylation sites (tertiary alicyclic amines) is 1. The van der Waals surface area contributed by atoms with Crippen LogP contribution in [-0.2, 0) is 0 Å². The summed E-state index contributed by atoms with van der Waals surface area (Å²) in [6.07, 6.45) is 8.46. The highest BCUT2D eigenvalue weighted by Gasteiger charge is 2.34. The second-order valence-electron chi connectivity index (χ2n) is 12.6. The number of amidine groups is 1. The Hall–Kier alpha value is -3.88. The fourth-order valence-electron chi connectivity index (χ4n) is 5.98. The van der Waals surface area contributed by atoms with Crippen LogP contribution in [0.1, 0.15) is 101 Å². The summed E-state index contributed by atoms with van der Waals surface area (Å²) in [5.74, 6) is 1.61. The van der Waals surface area contributed by atoms with Gasteiger partial charge in [-0.2, -0.15) is 15.3 Å². The third-order valence-electron chi connectivity index (χ3n) is 8.60. The summed E-state index contributed by atoms with van der Waals surface area (Å²) in [5, 5.41) is 30.8. The van der Waals surface area contributed by atoms with Crippen LogP contribution in [0.25, 0.3) is 0 Å². The Morgan fingerprint density at radius 3 is 2.56 bits per heavy atom. The lowest BCUT2D eigenvalue weighted by molar-refractivity contribution is -0.552. The molecular weight excluding hydrogens is 514 g/mol. The molecule has 1 unspecified atom stereocenters. The predicted molar refractivity (Wildman–Crippen MR) is 163 cm³/mol. The third-order valence-corrected chi connectivity index (χ3v) is 8.60. The fraction of sp³-hybridized carbons (Fsp3) is 0.500. The van der Waals surface area contributed by atoms with E-state index in [0.29, 0.717) is 17.8 Å². The van der Waals surface area contributed by atoms with E-state index < -0.39 is 11.4 Å². The first-order valence-electron chi connectivity index (χ1n) is 14.7. The quantitative estimate of drug-likeness (QED) is 0.146. The zero-order valence-corrected chi connectivity index (χ0v) is 25.1. The molecule has 0 spiro atoms. The maximum absolute atomic E-state index is 12.8. The van der Waals surface area contributed by atoms with Crippen LogP contribution in [0.15, 0.2) is 54.4 Å². The minimum absolute atomic E-state index is 0.0895. The summed E-state index contributed by atoms with van der Waals surface area (Å²) in [7, 11) is 0. The number of nitrogens with zero attached hydrogens (tertiary/aromatic N) is 2. The Bertz CT molecular complexity index is 1330. The number of nitrogens with two attached hydrogens (primary N) is 2. The number of piperidine rings is 1. The molecule has 2 aliphatic rings. The summed E-state index contributed by atoms with van der Waals surface area (Å²) in [6, 6.07) is 12.0. The number of carbonyl (C=O) groups is 1. The zero-order valence-electron chi connectivity index (χ0n) is 25.1. The van der Waals surface area contributed by atoms with Crippen LogP contribution in [0.4, 0.5) is 10.6 Å². The number of pyridine rings is 1. The molecule has 1 aliphatic heterocycles. The van der Waals surface area contributed by atoms with E-state index in [4.69, 9.17) is 16.6 Å². The molecule has 1 fully saturated rings. The van der Waals surface area contributed by atoms with Crippen LogP contribution in [0.3, 0.4) is 0 Å². The molecule has 0 saturated carbocycles. The van der Waals surface area contributed by atoms with Crippen LogP contribution in [0.2, 0.25) is 0 Å². The molecule has 4 atom stereocenters. The molecule has 0 bridgehead atoms. The van der Waals surface area contributed by atoms with Crippen LogP contribution in [0, 0.1) is 10.8 Å². The SMILES string of the molecule is C[C@@H](c1ccc(N)[n+](C(=N)N2CCCC[C@@H]2C)c1)C1CC[C@H](NC(=O)NC(=[NH2+])/C=C(\O)C(C)(C)C)c2ccccc21. The molecule has 2 aromatic rings. The number of carbonyl (C=O) groups excluding carboxylic acids is 1. The predicted octanol–water partition coefficient (Wildman–Crippen LogP) is 3.88. The standard InChI is InChI=1S/C32H45N7O2/c1-20-10-8-9-17-38(20)30(35)39-19-22(13-16-29(39)34)21(2)23-14-15-26(25-12-7-6-11-24(23)25)36-31(41)37-28(33)18-27(40)32(3,4)5/h6-7,11-13,16,18-21,23,26,34-35H,8-10,14-15,17H2,1-5H3,(H4,33,36,37,40,41)/p+2/t20-,21-,23?,26-/m0/s1. The van der Waals surface area contributed by atoms with Crippen molar-refractivity contribution in [2.45, 2.75) is 90.6 Å². The van der Waals surface area contributed by atoms with E-state index in [1.165, 1.54) is 18.1 Å². The lowest BCUT2D eigenvalue weighted by Crippen LogP contribution is -2.58. The Labute approximate surface area is 243 Å². The highest BCUT2D eigenvalue weighted by molar-refractivity contribution is 6.00. The Kier molecular flexibility index (Phi) is 9.05. The number of nitrogen functional groups attached to an aromatic ring is 1. The summed E-state index contributed by atoms with van der Waals surface area (Å²) in [5.41, 5.74) is 9.33.